The number of allylic oxidation sites excluding steroid dienone is 6. The van der Waals surface area contributed by atoms with Crippen LogP contribution in [-0.4, -0.2) is 12.6 Å². The largest absolute Gasteiger partial charge is 0.314 e. The van der Waals surface area contributed by atoms with Crippen molar-refractivity contribution in [3.63, 3.8) is 0 Å². The third-order valence-electron chi connectivity index (χ3n) is 3.56. The summed E-state index contributed by atoms with van der Waals surface area (Å²) in [6.45, 7) is 11.9. The maximum atomic E-state index is 4.25. The molecule has 1 rings (SSSR count). The van der Waals surface area contributed by atoms with Gasteiger partial charge in [-0.2, -0.15) is 0 Å². The predicted molar refractivity (Wildman–Crippen MR) is 81.7 cm³/mol. The summed E-state index contributed by atoms with van der Waals surface area (Å²) in [7, 11) is 0. The Bertz CT molecular complexity index is 347. The summed E-state index contributed by atoms with van der Waals surface area (Å²) in [5, 5.41) is 3.52. The van der Waals surface area contributed by atoms with Crippen molar-refractivity contribution in [3.05, 3.63) is 48.1 Å². The Labute approximate surface area is 112 Å². The van der Waals surface area contributed by atoms with Crippen LogP contribution in [0.15, 0.2) is 48.1 Å². The minimum atomic E-state index is 0.397. The molecule has 0 aromatic rings. The van der Waals surface area contributed by atoms with Crippen LogP contribution in [0.3, 0.4) is 0 Å². The molecule has 0 saturated heterocycles. The third kappa shape index (κ3) is 5.05. The van der Waals surface area contributed by atoms with Gasteiger partial charge >= 0.3 is 0 Å². The number of hydrogen-bond acceptors (Lipinski definition) is 1. The zero-order chi connectivity index (χ0) is 13.4. The van der Waals surface area contributed by atoms with E-state index < -0.39 is 0 Å². The first-order valence-electron chi connectivity index (χ1n) is 7.14. The predicted octanol–water partition coefficient (Wildman–Crippen LogP) is 4.40. The molecule has 0 aliphatic heterocycles. The summed E-state index contributed by atoms with van der Waals surface area (Å²) in [4.78, 5) is 0. The smallest absolute Gasteiger partial charge is 0.0163 e. The van der Waals surface area contributed by atoms with Gasteiger partial charge in [-0.25, -0.2) is 0 Å². The molecule has 0 amide bonds. The molecule has 0 aromatic heterocycles. The Morgan fingerprint density at radius 3 is 2.83 bits per heavy atom. The lowest BCUT2D eigenvalue weighted by Crippen LogP contribution is -2.26. The molecule has 18 heavy (non-hydrogen) atoms. The maximum absolute atomic E-state index is 4.25. The normalized spacial score (nSPS) is 20.4. The molecule has 1 N–H and O–H groups in total. The Kier molecular flexibility index (Phi) is 6.74. The highest BCUT2D eigenvalue weighted by atomic mass is 14.9. The van der Waals surface area contributed by atoms with Crippen LogP contribution in [0, 0.1) is 5.92 Å². The lowest BCUT2D eigenvalue weighted by atomic mass is 9.95. The lowest BCUT2D eigenvalue weighted by Gasteiger charge is -2.15. The summed E-state index contributed by atoms with van der Waals surface area (Å²) in [6.07, 6.45) is 14.4. The Balaban J connectivity index is 2.46. The SMILES string of the molecule is C=C(CCNC(C)CC)C1C=CC=CC(CC)=C1. The van der Waals surface area contributed by atoms with E-state index in [1.54, 1.807) is 0 Å². The first-order valence-corrected chi connectivity index (χ1v) is 7.14. The molecule has 0 radical (unpaired) electrons. The van der Waals surface area contributed by atoms with E-state index in [2.05, 4.69) is 63.0 Å². The lowest BCUT2D eigenvalue weighted by molar-refractivity contribution is 0.533. The molecule has 1 aliphatic rings. The van der Waals surface area contributed by atoms with Gasteiger partial charge in [0.25, 0.3) is 0 Å². The van der Waals surface area contributed by atoms with Gasteiger partial charge in [-0.1, -0.05) is 62.0 Å². The molecule has 0 spiro atoms. The third-order valence-corrected chi connectivity index (χ3v) is 3.56. The van der Waals surface area contributed by atoms with Gasteiger partial charge in [0.1, 0.15) is 0 Å². The van der Waals surface area contributed by atoms with Gasteiger partial charge in [-0.15, -0.1) is 0 Å². The van der Waals surface area contributed by atoms with E-state index >= 15 is 0 Å². The topological polar surface area (TPSA) is 12.0 Å². The average molecular weight is 245 g/mol. The minimum absolute atomic E-state index is 0.397. The highest BCUT2D eigenvalue weighted by Crippen LogP contribution is 2.21. The fourth-order valence-corrected chi connectivity index (χ4v) is 1.98. The number of nitrogens with one attached hydrogen (secondary N) is 1. The van der Waals surface area contributed by atoms with Crippen LogP contribution < -0.4 is 5.32 Å². The van der Waals surface area contributed by atoms with E-state index in [-0.39, 0.29) is 0 Å². The van der Waals surface area contributed by atoms with Crippen molar-refractivity contribution in [1.82, 2.24) is 5.32 Å². The zero-order valence-corrected chi connectivity index (χ0v) is 12.1. The quantitative estimate of drug-likeness (QED) is 0.656. The van der Waals surface area contributed by atoms with Gasteiger partial charge in [0, 0.05) is 12.0 Å². The van der Waals surface area contributed by atoms with Crippen LogP contribution in [0.4, 0.5) is 0 Å². The van der Waals surface area contributed by atoms with Gasteiger partial charge in [-0.3, -0.25) is 0 Å². The van der Waals surface area contributed by atoms with Crippen molar-refractivity contribution in [3.8, 4) is 0 Å². The average Bonchev–Trinajstić information content (AvgIpc) is 2.63. The van der Waals surface area contributed by atoms with E-state index in [0.717, 1.165) is 19.4 Å². The second-order valence-electron chi connectivity index (χ2n) is 5.04. The molecule has 0 bridgehead atoms. The molecule has 1 heteroatoms. The van der Waals surface area contributed by atoms with Gasteiger partial charge in [0.2, 0.25) is 0 Å². The molecule has 0 saturated carbocycles. The first kappa shape index (κ1) is 15.0. The second-order valence-corrected chi connectivity index (χ2v) is 5.04. The molecule has 0 fully saturated rings. The zero-order valence-electron chi connectivity index (χ0n) is 12.1. The van der Waals surface area contributed by atoms with Gasteiger partial charge < -0.3 is 5.32 Å². The molecule has 100 valence electrons. The van der Waals surface area contributed by atoms with Gasteiger partial charge in [0.05, 0.1) is 0 Å². The van der Waals surface area contributed by atoms with E-state index in [1.807, 2.05) is 0 Å². The van der Waals surface area contributed by atoms with E-state index in [4.69, 9.17) is 0 Å². The molecular formula is C17H27N. The Hall–Kier alpha value is -1.08. The summed E-state index contributed by atoms with van der Waals surface area (Å²) >= 11 is 0. The molecule has 1 aliphatic carbocycles. The van der Waals surface area contributed by atoms with Crippen molar-refractivity contribution in [2.24, 2.45) is 5.92 Å². The summed E-state index contributed by atoms with van der Waals surface area (Å²) in [5.74, 6) is 0.397. The summed E-state index contributed by atoms with van der Waals surface area (Å²) in [6, 6.07) is 0.603. The minimum Gasteiger partial charge on any atom is -0.314 e. The van der Waals surface area contributed by atoms with Crippen molar-refractivity contribution in [2.45, 2.75) is 46.1 Å². The number of hydrogen-bond donors (Lipinski definition) is 1. The maximum Gasteiger partial charge on any atom is 0.0163 e. The van der Waals surface area contributed by atoms with Crippen LogP contribution in [0.1, 0.15) is 40.0 Å². The van der Waals surface area contributed by atoms with Crippen LogP contribution in [-0.2, 0) is 0 Å². The van der Waals surface area contributed by atoms with Crippen molar-refractivity contribution < 1.29 is 0 Å². The molecule has 2 unspecified atom stereocenters. The van der Waals surface area contributed by atoms with Crippen LogP contribution in [0.5, 0.6) is 0 Å². The van der Waals surface area contributed by atoms with Crippen LogP contribution >= 0.6 is 0 Å². The fourth-order valence-electron chi connectivity index (χ4n) is 1.98. The molecule has 0 heterocycles. The molecular weight excluding hydrogens is 218 g/mol. The van der Waals surface area contributed by atoms with E-state index in [0.29, 0.717) is 12.0 Å². The second kappa shape index (κ2) is 8.10. The molecule has 0 aromatic carbocycles. The number of rotatable bonds is 7. The fraction of sp³-hybridized carbons (Fsp3) is 0.529. The highest BCUT2D eigenvalue weighted by molar-refractivity contribution is 5.32. The Morgan fingerprint density at radius 2 is 2.17 bits per heavy atom. The molecule has 2 atom stereocenters. The van der Waals surface area contributed by atoms with Gasteiger partial charge in [0.15, 0.2) is 0 Å². The summed E-state index contributed by atoms with van der Waals surface area (Å²) < 4.78 is 0. The Morgan fingerprint density at radius 1 is 1.39 bits per heavy atom. The van der Waals surface area contributed by atoms with Crippen LogP contribution in [0.2, 0.25) is 0 Å². The summed E-state index contributed by atoms with van der Waals surface area (Å²) in [5.41, 5.74) is 2.71. The van der Waals surface area contributed by atoms with E-state index in [1.165, 1.54) is 17.6 Å². The first-order chi connectivity index (χ1) is 8.67. The standard InChI is InChI=1S/C17H27N/c1-5-15(4)18-12-11-14(3)17-10-8-7-9-16(6-2)13-17/h7-10,13,15,17-18H,3,5-6,11-12H2,1-2,4H3. The van der Waals surface area contributed by atoms with Crippen LogP contribution in [0.25, 0.3) is 0 Å². The van der Waals surface area contributed by atoms with Gasteiger partial charge in [-0.05, 0) is 32.7 Å². The van der Waals surface area contributed by atoms with Crippen molar-refractivity contribution in [1.29, 1.82) is 0 Å². The molecule has 1 nitrogen and oxygen atoms in total. The van der Waals surface area contributed by atoms with Crippen molar-refractivity contribution >= 4 is 0 Å². The van der Waals surface area contributed by atoms with E-state index in [9.17, 15) is 0 Å². The van der Waals surface area contributed by atoms with Crippen molar-refractivity contribution in [2.75, 3.05) is 6.54 Å². The monoisotopic (exact) mass is 245 g/mol. The highest BCUT2D eigenvalue weighted by Gasteiger charge is 2.08.